The number of carboxylic acids is 1. The molecule has 3 heterocycles. The molecule has 3 aromatic carbocycles. The van der Waals surface area contributed by atoms with Crippen LogP contribution in [-0.4, -0.2) is 68.1 Å². The first-order valence-corrected chi connectivity index (χ1v) is 19.6. The molecule has 0 spiro atoms. The SMILES string of the molecule is Cc1c(-c2c(-c3ccc(F)cc3)sc3ncnc(OC(Cc4cc(OCC(=O)OC(C)(C)C)ccc4OCc4ccnc(OCCC(F)(F)F)n4)C(=O)O)c23)ccc(N)c1Cl. The van der Waals surface area contributed by atoms with Crippen molar-refractivity contribution in [3.05, 3.63) is 101 Å². The van der Waals surface area contributed by atoms with Gasteiger partial charge in [0.2, 0.25) is 12.0 Å². The number of anilines is 1. The third-order valence-electron chi connectivity index (χ3n) is 8.67. The number of fused-ring (bicyclic) bond motifs is 1. The number of rotatable bonds is 16. The first-order chi connectivity index (χ1) is 28.8. The lowest BCUT2D eigenvalue weighted by atomic mass is 9.95. The van der Waals surface area contributed by atoms with Gasteiger partial charge in [-0.25, -0.2) is 28.9 Å². The molecule has 3 N–H and O–H groups in total. The molecule has 61 heavy (non-hydrogen) atoms. The molecule has 0 bridgehead atoms. The third-order valence-corrected chi connectivity index (χ3v) is 10.3. The molecule has 13 nitrogen and oxygen atoms in total. The molecule has 0 aliphatic rings. The number of halogens is 5. The quantitative estimate of drug-likeness (QED) is 0.0535. The molecule has 0 saturated carbocycles. The van der Waals surface area contributed by atoms with E-state index in [4.69, 9.17) is 41.0 Å². The first kappa shape index (κ1) is 44.3. The van der Waals surface area contributed by atoms with Crippen LogP contribution in [0.4, 0.5) is 23.2 Å². The summed E-state index contributed by atoms with van der Waals surface area (Å²) < 4.78 is 80.5. The van der Waals surface area contributed by atoms with E-state index in [0.29, 0.717) is 48.1 Å². The van der Waals surface area contributed by atoms with Gasteiger partial charge in [-0.1, -0.05) is 29.8 Å². The number of nitrogen functional groups attached to an aromatic ring is 1. The Labute approximate surface area is 355 Å². The van der Waals surface area contributed by atoms with Gasteiger partial charge < -0.3 is 34.5 Å². The van der Waals surface area contributed by atoms with Gasteiger partial charge in [-0.05, 0) is 86.8 Å². The standard InChI is InChI=1S/C42H38ClF4N5O8S/c1-22-28(10-11-29(48)35(22)43)33-34-37(50-21-51-38(34)61-36(33)23-5-7-25(44)8-6-23)59-31(39(54)55)18-24-17-27(57-20-32(53)60-41(2,3)4)9-12-30(24)58-19-26-13-15-49-40(52-26)56-16-14-42(45,46)47/h5-13,15,17,21,31H,14,16,18-20,48H2,1-4H3,(H,54,55). The Bertz CT molecular complexity index is 2550. The molecule has 0 amide bonds. The van der Waals surface area contributed by atoms with E-state index >= 15 is 0 Å². The van der Waals surface area contributed by atoms with Crippen LogP contribution in [0.1, 0.15) is 44.0 Å². The number of esters is 1. The number of benzene rings is 3. The van der Waals surface area contributed by atoms with Crippen molar-refractivity contribution < 1.29 is 55.9 Å². The maximum Gasteiger partial charge on any atom is 0.392 e. The van der Waals surface area contributed by atoms with Crippen molar-refractivity contribution >= 4 is 50.8 Å². The summed E-state index contributed by atoms with van der Waals surface area (Å²) in [6.07, 6.45) is -5.06. The maximum atomic E-state index is 14.1. The number of hydrogen-bond donors (Lipinski definition) is 2. The fraction of sp³-hybridized carbons (Fsp3) is 0.286. The number of carbonyl (C=O) groups is 2. The zero-order valence-corrected chi connectivity index (χ0v) is 34.6. The van der Waals surface area contributed by atoms with Crippen molar-refractivity contribution in [3.63, 3.8) is 0 Å². The first-order valence-electron chi connectivity index (χ1n) is 18.4. The number of aliphatic carboxylic acids is 1. The van der Waals surface area contributed by atoms with E-state index in [0.717, 1.165) is 0 Å². The Balaban J connectivity index is 1.36. The largest absolute Gasteiger partial charge is 0.487 e. The van der Waals surface area contributed by atoms with Crippen molar-refractivity contribution in [2.45, 2.75) is 65.0 Å². The Hall–Kier alpha value is -6.27. The average Bonchev–Trinajstić information content (AvgIpc) is 3.58. The molecular weight excluding hydrogens is 846 g/mol. The molecule has 6 rings (SSSR count). The Morgan fingerprint density at radius 3 is 2.43 bits per heavy atom. The van der Waals surface area contributed by atoms with E-state index in [1.54, 1.807) is 52.0 Å². The van der Waals surface area contributed by atoms with Crippen LogP contribution in [0.15, 0.2) is 73.2 Å². The van der Waals surface area contributed by atoms with Crippen LogP contribution in [-0.2, 0) is 27.4 Å². The molecule has 1 atom stereocenters. The fourth-order valence-corrected chi connectivity index (χ4v) is 7.26. The second-order valence-electron chi connectivity index (χ2n) is 14.4. The van der Waals surface area contributed by atoms with E-state index in [2.05, 4.69) is 19.9 Å². The Morgan fingerprint density at radius 2 is 1.72 bits per heavy atom. The highest BCUT2D eigenvalue weighted by atomic mass is 35.5. The maximum absolute atomic E-state index is 14.1. The highest BCUT2D eigenvalue weighted by molar-refractivity contribution is 7.22. The number of nitrogens with zero attached hydrogens (tertiary/aromatic N) is 4. The highest BCUT2D eigenvalue weighted by Crippen LogP contribution is 2.49. The average molecular weight is 884 g/mol. The van der Waals surface area contributed by atoms with Crippen molar-refractivity contribution in [3.8, 4) is 45.0 Å². The predicted molar refractivity (Wildman–Crippen MR) is 218 cm³/mol. The zero-order valence-electron chi connectivity index (χ0n) is 33.0. The topological polar surface area (TPSA) is 178 Å². The van der Waals surface area contributed by atoms with Crippen molar-refractivity contribution in [2.24, 2.45) is 0 Å². The number of carbonyl (C=O) groups excluding carboxylic acids is 1. The van der Waals surface area contributed by atoms with Gasteiger partial charge in [0.15, 0.2) is 6.61 Å². The number of ether oxygens (including phenoxy) is 5. The molecule has 6 aromatic rings. The summed E-state index contributed by atoms with van der Waals surface area (Å²) in [5.41, 5.74) is 8.62. The summed E-state index contributed by atoms with van der Waals surface area (Å²) >= 11 is 7.88. The van der Waals surface area contributed by atoms with E-state index in [1.165, 1.54) is 60.3 Å². The van der Waals surface area contributed by atoms with Crippen LogP contribution in [0, 0.1) is 12.7 Å². The molecule has 0 aliphatic heterocycles. The van der Waals surface area contributed by atoms with Gasteiger partial charge in [0, 0.05) is 28.6 Å². The number of thiophene rings is 1. The van der Waals surface area contributed by atoms with Crippen LogP contribution in [0.25, 0.3) is 31.8 Å². The van der Waals surface area contributed by atoms with Crippen molar-refractivity contribution in [1.29, 1.82) is 0 Å². The zero-order chi connectivity index (χ0) is 44.1. The summed E-state index contributed by atoms with van der Waals surface area (Å²) in [4.78, 5) is 43.4. The Kier molecular flexibility index (Phi) is 13.5. The molecule has 1 unspecified atom stereocenters. The lowest BCUT2D eigenvalue weighted by Crippen LogP contribution is -2.30. The van der Waals surface area contributed by atoms with E-state index in [1.807, 2.05) is 0 Å². The normalized spacial score (nSPS) is 12.2. The minimum atomic E-state index is -4.43. The van der Waals surface area contributed by atoms with Crippen LogP contribution in [0.2, 0.25) is 5.02 Å². The lowest BCUT2D eigenvalue weighted by Gasteiger charge is -2.20. The minimum Gasteiger partial charge on any atom is -0.487 e. The van der Waals surface area contributed by atoms with E-state index in [-0.39, 0.29) is 47.7 Å². The van der Waals surface area contributed by atoms with Gasteiger partial charge in [0.05, 0.1) is 28.2 Å². The van der Waals surface area contributed by atoms with Crippen LogP contribution in [0.3, 0.4) is 0 Å². The molecule has 0 saturated heterocycles. The monoisotopic (exact) mass is 883 g/mol. The van der Waals surface area contributed by atoms with Crippen molar-refractivity contribution in [2.75, 3.05) is 18.9 Å². The van der Waals surface area contributed by atoms with Gasteiger partial charge in [-0.2, -0.15) is 18.2 Å². The molecule has 19 heteroatoms. The molecule has 0 aliphatic carbocycles. The second-order valence-corrected chi connectivity index (χ2v) is 15.8. The van der Waals surface area contributed by atoms with Crippen LogP contribution in [0.5, 0.6) is 23.4 Å². The predicted octanol–water partition coefficient (Wildman–Crippen LogP) is 9.20. The number of carboxylic acid groups (broad SMARTS) is 1. The van der Waals surface area contributed by atoms with Gasteiger partial charge in [0.1, 0.15) is 47.3 Å². The lowest BCUT2D eigenvalue weighted by molar-refractivity contribution is -0.157. The summed E-state index contributed by atoms with van der Waals surface area (Å²) in [6.45, 7) is 5.51. The van der Waals surface area contributed by atoms with Gasteiger partial charge in [-0.15, -0.1) is 11.3 Å². The molecule has 0 radical (unpaired) electrons. The summed E-state index contributed by atoms with van der Waals surface area (Å²) in [6, 6.07) is 14.9. The summed E-state index contributed by atoms with van der Waals surface area (Å²) in [5.74, 6) is -2.21. The molecule has 3 aromatic heterocycles. The van der Waals surface area contributed by atoms with Gasteiger partial charge in [0.25, 0.3) is 0 Å². The second kappa shape index (κ2) is 18.6. The number of nitrogens with two attached hydrogens (primary N) is 1. The number of alkyl halides is 3. The number of hydrogen-bond acceptors (Lipinski definition) is 13. The van der Waals surface area contributed by atoms with Gasteiger partial charge >= 0.3 is 24.1 Å². The summed E-state index contributed by atoms with van der Waals surface area (Å²) in [7, 11) is 0. The number of aromatic nitrogens is 4. The minimum absolute atomic E-state index is 0.0804. The van der Waals surface area contributed by atoms with Crippen LogP contribution < -0.4 is 24.7 Å². The van der Waals surface area contributed by atoms with Gasteiger partial charge in [-0.3, -0.25) is 0 Å². The van der Waals surface area contributed by atoms with Crippen molar-refractivity contribution in [1.82, 2.24) is 19.9 Å². The summed E-state index contributed by atoms with van der Waals surface area (Å²) in [5, 5.41) is 11.3. The fourth-order valence-electron chi connectivity index (χ4n) is 5.94. The van der Waals surface area contributed by atoms with Crippen LogP contribution >= 0.6 is 22.9 Å². The highest BCUT2D eigenvalue weighted by Gasteiger charge is 2.29. The van der Waals surface area contributed by atoms with E-state index < -0.39 is 55.3 Å². The van der Waals surface area contributed by atoms with E-state index in [9.17, 15) is 32.3 Å². The molecule has 320 valence electrons. The molecular formula is C42H38ClF4N5O8S. The molecule has 0 fully saturated rings. The smallest absolute Gasteiger partial charge is 0.392 e. The third kappa shape index (κ3) is 11.5. The Morgan fingerprint density at radius 1 is 0.967 bits per heavy atom.